The van der Waals surface area contributed by atoms with Crippen molar-refractivity contribution in [3.05, 3.63) is 11.8 Å². The second-order valence-corrected chi connectivity index (χ2v) is 5.17. The number of hydrogen-bond acceptors (Lipinski definition) is 5. The van der Waals surface area contributed by atoms with E-state index in [-0.39, 0.29) is 11.6 Å². The average molecular weight is 235 g/mol. The molecule has 1 fully saturated rings. The van der Waals surface area contributed by atoms with Gasteiger partial charge in [-0.25, -0.2) is 0 Å². The molecule has 0 saturated carbocycles. The standard InChI is InChI=1S/C12H17N3O2/c1-8-6-9-11(14-13-8)17-12(2,3)10-7-16-5-4-15(9)10/h6,10H,4-5,7H2,1-3H3. The van der Waals surface area contributed by atoms with Crippen molar-refractivity contribution < 1.29 is 9.47 Å². The Morgan fingerprint density at radius 3 is 3.06 bits per heavy atom. The Morgan fingerprint density at radius 1 is 1.41 bits per heavy atom. The van der Waals surface area contributed by atoms with Crippen LogP contribution in [0.15, 0.2) is 6.07 Å². The maximum absolute atomic E-state index is 5.95. The number of morpholine rings is 1. The zero-order chi connectivity index (χ0) is 12.0. The van der Waals surface area contributed by atoms with Gasteiger partial charge in [0.1, 0.15) is 11.3 Å². The summed E-state index contributed by atoms with van der Waals surface area (Å²) in [5.41, 5.74) is 1.67. The summed E-state index contributed by atoms with van der Waals surface area (Å²) in [5, 5.41) is 8.21. The Bertz CT molecular complexity index is 447. The van der Waals surface area contributed by atoms with Gasteiger partial charge in [0.2, 0.25) is 0 Å². The lowest BCUT2D eigenvalue weighted by atomic mass is 9.94. The molecule has 1 unspecified atom stereocenters. The van der Waals surface area contributed by atoms with E-state index >= 15 is 0 Å². The lowest BCUT2D eigenvalue weighted by Crippen LogP contribution is -2.61. The molecule has 2 aliphatic heterocycles. The van der Waals surface area contributed by atoms with Gasteiger partial charge in [-0.2, -0.15) is 5.10 Å². The lowest BCUT2D eigenvalue weighted by molar-refractivity contribution is -0.0107. The second-order valence-electron chi connectivity index (χ2n) is 5.17. The Morgan fingerprint density at radius 2 is 2.24 bits per heavy atom. The SMILES string of the molecule is Cc1cc2c(nn1)OC(C)(C)C1COCCN21. The largest absolute Gasteiger partial charge is 0.467 e. The van der Waals surface area contributed by atoms with Gasteiger partial charge in [-0.3, -0.25) is 0 Å². The van der Waals surface area contributed by atoms with Crippen molar-refractivity contribution in [3.63, 3.8) is 0 Å². The van der Waals surface area contributed by atoms with Gasteiger partial charge in [0.15, 0.2) is 0 Å². The predicted octanol–water partition coefficient (Wildman–Crippen LogP) is 1.16. The molecule has 2 aliphatic rings. The summed E-state index contributed by atoms with van der Waals surface area (Å²) in [5.74, 6) is 0.638. The highest BCUT2D eigenvalue weighted by Gasteiger charge is 2.44. The molecule has 0 spiro atoms. The lowest BCUT2D eigenvalue weighted by Gasteiger charge is -2.49. The smallest absolute Gasteiger partial charge is 0.257 e. The van der Waals surface area contributed by atoms with E-state index in [2.05, 4.69) is 28.9 Å². The number of anilines is 1. The molecule has 92 valence electrons. The number of aryl methyl sites for hydroxylation is 1. The number of nitrogens with zero attached hydrogens (tertiary/aromatic N) is 3. The molecule has 17 heavy (non-hydrogen) atoms. The highest BCUT2D eigenvalue weighted by molar-refractivity contribution is 5.59. The summed E-state index contributed by atoms with van der Waals surface area (Å²) >= 11 is 0. The zero-order valence-electron chi connectivity index (χ0n) is 10.4. The summed E-state index contributed by atoms with van der Waals surface area (Å²) in [6, 6.07) is 2.28. The first-order valence-corrected chi connectivity index (χ1v) is 5.96. The third kappa shape index (κ3) is 1.65. The Hall–Kier alpha value is -1.36. The number of hydrogen-bond donors (Lipinski definition) is 0. The van der Waals surface area contributed by atoms with Crippen molar-refractivity contribution in [2.24, 2.45) is 0 Å². The molecule has 5 nitrogen and oxygen atoms in total. The Labute approximate surface area is 101 Å². The van der Waals surface area contributed by atoms with Crippen LogP contribution in [0.5, 0.6) is 5.88 Å². The third-order valence-corrected chi connectivity index (χ3v) is 3.46. The van der Waals surface area contributed by atoms with E-state index in [1.807, 2.05) is 13.0 Å². The maximum atomic E-state index is 5.95. The molecule has 0 radical (unpaired) electrons. The second kappa shape index (κ2) is 3.57. The van der Waals surface area contributed by atoms with Crippen LogP contribution in [0.1, 0.15) is 19.5 Å². The number of fused-ring (bicyclic) bond motifs is 3. The third-order valence-electron chi connectivity index (χ3n) is 3.46. The molecule has 0 amide bonds. The van der Waals surface area contributed by atoms with Crippen molar-refractivity contribution in [1.29, 1.82) is 0 Å². The van der Waals surface area contributed by atoms with Gasteiger partial charge in [-0.15, -0.1) is 5.10 Å². The molecule has 0 aliphatic carbocycles. The minimum absolute atomic E-state index is 0.243. The molecular formula is C12H17N3O2. The van der Waals surface area contributed by atoms with E-state index < -0.39 is 0 Å². The fourth-order valence-corrected chi connectivity index (χ4v) is 2.53. The van der Waals surface area contributed by atoms with Crippen LogP contribution < -0.4 is 9.64 Å². The van der Waals surface area contributed by atoms with Crippen LogP contribution in [0.2, 0.25) is 0 Å². The molecule has 5 heteroatoms. The minimum atomic E-state index is -0.294. The first kappa shape index (κ1) is 10.8. The molecule has 1 saturated heterocycles. The van der Waals surface area contributed by atoms with Gasteiger partial charge < -0.3 is 14.4 Å². The minimum Gasteiger partial charge on any atom is -0.467 e. The highest BCUT2D eigenvalue weighted by Crippen LogP contribution is 2.39. The van der Waals surface area contributed by atoms with Gasteiger partial charge in [0, 0.05) is 6.54 Å². The molecule has 0 aromatic carbocycles. The molecule has 0 bridgehead atoms. The van der Waals surface area contributed by atoms with E-state index in [0.717, 1.165) is 24.5 Å². The van der Waals surface area contributed by atoms with Crippen molar-refractivity contribution in [2.75, 3.05) is 24.7 Å². The van der Waals surface area contributed by atoms with Crippen LogP contribution >= 0.6 is 0 Å². The highest BCUT2D eigenvalue weighted by atomic mass is 16.5. The summed E-state index contributed by atoms with van der Waals surface area (Å²) < 4.78 is 11.5. The number of rotatable bonds is 0. The van der Waals surface area contributed by atoms with Crippen LogP contribution in [-0.4, -0.2) is 41.6 Å². The van der Waals surface area contributed by atoms with Crippen LogP contribution in [0.3, 0.4) is 0 Å². The quantitative estimate of drug-likeness (QED) is 0.675. The van der Waals surface area contributed by atoms with Crippen molar-refractivity contribution in [3.8, 4) is 5.88 Å². The van der Waals surface area contributed by atoms with E-state index in [4.69, 9.17) is 9.47 Å². The normalized spacial score (nSPS) is 25.8. The molecule has 0 N–H and O–H groups in total. The van der Waals surface area contributed by atoms with Gasteiger partial charge in [-0.1, -0.05) is 0 Å². The molecule has 3 heterocycles. The molecule has 3 rings (SSSR count). The first-order valence-electron chi connectivity index (χ1n) is 5.96. The number of aromatic nitrogens is 2. The molecule has 1 aromatic heterocycles. The van der Waals surface area contributed by atoms with E-state index in [9.17, 15) is 0 Å². The summed E-state index contributed by atoms with van der Waals surface area (Å²) in [4.78, 5) is 2.34. The predicted molar refractivity (Wildman–Crippen MR) is 63.4 cm³/mol. The zero-order valence-corrected chi connectivity index (χ0v) is 10.4. The fourth-order valence-electron chi connectivity index (χ4n) is 2.53. The monoisotopic (exact) mass is 235 g/mol. The Kier molecular flexibility index (Phi) is 2.26. The van der Waals surface area contributed by atoms with Crippen LogP contribution in [0.25, 0.3) is 0 Å². The van der Waals surface area contributed by atoms with Gasteiger partial charge in [-0.05, 0) is 26.8 Å². The molecule has 1 aromatic rings. The topological polar surface area (TPSA) is 47.5 Å². The first-order chi connectivity index (χ1) is 8.08. The Balaban J connectivity index is 2.08. The fraction of sp³-hybridized carbons (Fsp3) is 0.667. The average Bonchev–Trinajstić information content (AvgIpc) is 2.30. The molecule has 1 atom stereocenters. The summed E-state index contributed by atoms with van der Waals surface area (Å²) in [6.07, 6.45) is 0. The van der Waals surface area contributed by atoms with Gasteiger partial charge in [0.25, 0.3) is 5.88 Å². The summed E-state index contributed by atoms with van der Waals surface area (Å²) in [7, 11) is 0. The van der Waals surface area contributed by atoms with E-state index in [1.54, 1.807) is 0 Å². The maximum Gasteiger partial charge on any atom is 0.257 e. The summed E-state index contributed by atoms with van der Waals surface area (Å²) in [6.45, 7) is 8.44. The van der Waals surface area contributed by atoms with Gasteiger partial charge >= 0.3 is 0 Å². The van der Waals surface area contributed by atoms with Crippen LogP contribution in [0, 0.1) is 6.92 Å². The van der Waals surface area contributed by atoms with E-state index in [0.29, 0.717) is 12.5 Å². The van der Waals surface area contributed by atoms with Gasteiger partial charge in [0.05, 0.1) is 24.9 Å². The molecular weight excluding hydrogens is 218 g/mol. The van der Waals surface area contributed by atoms with Crippen LogP contribution in [0.4, 0.5) is 5.69 Å². The van der Waals surface area contributed by atoms with Crippen molar-refractivity contribution in [1.82, 2.24) is 10.2 Å². The number of ether oxygens (including phenoxy) is 2. The van der Waals surface area contributed by atoms with Crippen molar-refractivity contribution in [2.45, 2.75) is 32.4 Å². The van der Waals surface area contributed by atoms with E-state index in [1.165, 1.54) is 0 Å². The van der Waals surface area contributed by atoms with Crippen LogP contribution in [-0.2, 0) is 4.74 Å². The van der Waals surface area contributed by atoms with Crippen molar-refractivity contribution >= 4 is 5.69 Å².